The highest BCUT2D eigenvalue weighted by Crippen LogP contribution is 2.35. The van der Waals surface area contributed by atoms with E-state index in [0.29, 0.717) is 36.0 Å². The number of primary amides is 1. The minimum Gasteiger partial charge on any atom is -0.493 e. The van der Waals surface area contributed by atoms with Crippen LogP contribution >= 0.6 is 27.5 Å². The Labute approximate surface area is 177 Å². The number of hydrogen-bond donors (Lipinski definition) is 1. The lowest BCUT2D eigenvalue weighted by Crippen LogP contribution is -2.50. The second-order valence-electron chi connectivity index (χ2n) is 7.20. The molecule has 5 nitrogen and oxygen atoms in total. The molecule has 0 aromatic heterocycles. The zero-order valence-electron chi connectivity index (χ0n) is 15.4. The van der Waals surface area contributed by atoms with Crippen molar-refractivity contribution in [1.82, 2.24) is 4.90 Å². The molecule has 0 saturated carbocycles. The van der Waals surface area contributed by atoms with Crippen LogP contribution in [0.3, 0.4) is 0 Å². The summed E-state index contributed by atoms with van der Waals surface area (Å²) in [6, 6.07) is 14.4. The summed E-state index contributed by atoms with van der Waals surface area (Å²) >= 11 is 9.36. The van der Waals surface area contributed by atoms with E-state index in [1.54, 1.807) is 35.2 Å². The number of nitrogens with zero attached hydrogens (tertiary/aromatic N) is 1. The lowest BCUT2D eigenvalue weighted by Gasteiger charge is -2.42. The van der Waals surface area contributed by atoms with Crippen LogP contribution in [-0.2, 0) is 4.79 Å². The first-order valence-corrected chi connectivity index (χ1v) is 10.3. The molecule has 2 aromatic rings. The maximum atomic E-state index is 13.0. The normalized spacial score (nSPS) is 19.3. The highest BCUT2D eigenvalue weighted by atomic mass is 79.9. The van der Waals surface area contributed by atoms with E-state index in [1.165, 1.54) is 0 Å². The molecule has 0 radical (unpaired) electrons. The summed E-state index contributed by atoms with van der Waals surface area (Å²) in [6.45, 7) is 1.36. The van der Waals surface area contributed by atoms with Crippen molar-refractivity contribution in [3.05, 3.63) is 63.6 Å². The summed E-state index contributed by atoms with van der Waals surface area (Å²) in [4.78, 5) is 26.6. The van der Waals surface area contributed by atoms with Crippen LogP contribution in [0.5, 0.6) is 5.75 Å². The van der Waals surface area contributed by atoms with Gasteiger partial charge in [-0.1, -0.05) is 23.7 Å². The van der Waals surface area contributed by atoms with Gasteiger partial charge in [0.25, 0.3) is 5.91 Å². The van der Waals surface area contributed by atoms with Crippen molar-refractivity contribution in [3.63, 3.8) is 0 Å². The number of nitrogens with two attached hydrogens (primary N) is 1. The molecule has 3 rings (SSSR count). The average molecular weight is 466 g/mol. The van der Waals surface area contributed by atoms with Gasteiger partial charge in [-0.15, -0.1) is 0 Å². The van der Waals surface area contributed by atoms with Gasteiger partial charge in [0.05, 0.1) is 12.2 Å². The van der Waals surface area contributed by atoms with E-state index in [4.69, 9.17) is 22.1 Å². The number of likely N-dealkylation sites (tertiary alicyclic amines) is 1. The van der Waals surface area contributed by atoms with Gasteiger partial charge in [0, 0.05) is 34.4 Å². The van der Waals surface area contributed by atoms with E-state index in [9.17, 15) is 9.59 Å². The van der Waals surface area contributed by atoms with Gasteiger partial charge in [-0.05, 0) is 65.2 Å². The van der Waals surface area contributed by atoms with Crippen LogP contribution in [0.4, 0.5) is 0 Å². The van der Waals surface area contributed by atoms with Crippen molar-refractivity contribution in [1.29, 1.82) is 0 Å². The van der Waals surface area contributed by atoms with Crippen LogP contribution in [-0.4, -0.2) is 36.4 Å². The molecule has 1 aliphatic rings. The molecule has 148 valence electrons. The Morgan fingerprint density at radius 3 is 2.57 bits per heavy atom. The van der Waals surface area contributed by atoms with Gasteiger partial charge in [0.15, 0.2) is 0 Å². The number of hydrogen-bond acceptors (Lipinski definition) is 3. The molecule has 0 aliphatic carbocycles. The predicted molar refractivity (Wildman–Crippen MR) is 112 cm³/mol. The monoisotopic (exact) mass is 464 g/mol. The minimum atomic E-state index is -0.513. The van der Waals surface area contributed by atoms with E-state index in [2.05, 4.69) is 15.9 Å². The number of ether oxygens (including phenoxy) is 1. The smallest absolute Gasteiger partial charge is 0.255 e. The molecule has 1 atom stereocenters. The second-order valence-corrected chi connectivity index (χ2v) is 8.49. The lowest BCUT2D eigenvalue weighted by molar-refractivity contribution is -0.122. The number of rotatable bonds is 6. The molecule has 7 heteroatoms. The molecule has 2 N–H and O–H groups in total. The zero-order chi connectivity index (χ0) is 20.1. The largest absolute Gasteiger partial charge is 0.493 e. The Hall–Kier alpha value is -2.05. The molecule has 0 bridgehead atoms. The molecule has 1 fully saturated rings. The van der Waals surface area contributed by atoms with Crippen LogP contribution in [0.25, 0.3) is 0 Å². The van der Waals surface area contributed by atoms with E-state index < -0.39 is 11.3 Å². The molecular weight excluding hydrogens is 444 g/mol. The number of carbonyl (C=O) groups is 2. The average Bonchev–Trinajstić information content (AvgIpc) is 2.67. The van der Waals surface area contributed by atoms with Gasteiger partial charge < -0.3 is 15.4 Å². The summed E-state index contributed by atoms with van der Waals surface area (Å²) in [6.07, 6.45) is 1.72. The first kappa shape index (κ1) is 20.7. The summed E-state index contributed by atoms with van der Waals surface area (Å²) in [5.41, 5.74) is 5.63. The van der Waals surface area contributed by atoms with Gasteiger partial charge in [-0.25, -0.2) is 0 Å². The van der Waals surface area contributed by atoms with Crippen molar-refractivity contribution >= 4 is 39.3 Å². The van der Waals surface area contributed by atoms with Crippen LogP contribution in [0.15, 0.2) is 53.0 Å². The molecule has 0 spiro atoms. The fourth-order valence-electron chi connectivity index (χ4n) is 3.64. The quantitative estimate of drug-likeness (QED) is 0.692. The first-order chi connectivity index (χ1) is 13.4. The third kappa shape index (κ3) is 5.06. The van der Waals surface area contributed by atoms with Crippen LogP contribution < -0.4 is 10.5 Å². The number of amides is 2. The summed E-state index contributed by atoms with van der Waals surface area (Å²) in [5.74, 6) is 0.213. The van der Waals surface area contributed by atoms with Crippen molar-refractivity contribution in [2.45, 2.75) is 19.3 Å². The molecule has 2 aromatic carbocycles. The Kier molecular flexibility index (Phi) is 6.62. The fraction of sp³-hybridized carbons (Fsp3) is 0.333. The van der Waals surface area contributed by atoms with Crippen LogP contribution in [0.1, 0.15) is 29.6 Å². The van der Waals surface area contributed by atoms with Crippen LogP contribution in [0, 0.1) is 5.41 Å². The van der Waals surface area contributed by atoms with Gasteiger partial charge >= 0.3 is 0 Å². The standard InChI is InChI=1S/C21H22BrClN2O3/c22-18-5-2-1-4-17(18)20(27)25-11-3-10-21(13-25,12-19(24)26)14-28-16-8-6-15(23)7-9-16/h1-2,4-9H,3,10-14H2,(H2,24,26)/t21-/m0/s1. The highest BCUT2D eigenvalue weighted by molar-refractivity contribution is 9.10. The Morgan fingerprint density at radius 2 is 1.89 bits per heavy atom. The van der Waals surface area contributed by atoms with Gasteiger partial charge in [0.2, 0.25) is 5.91 Å². The fourth-order valence-corrected chi connectivity index (χ4v) is 4.22. The third-order valence-electron chi connectivity index (χ3n) is 4.96. The topological polar surface area (TPSA) is 72.6 Å². The number of piperidine rings is 1. The molecule has 1 saturated heterocycles. The number of benzene rings is 2. The molecule has 0 unspecified atom stereocenters. The van der Waals surface area contributed by atoms with E-state index in [1.807, 2.05) is 18.2 Å². The molecule has 28 heavy (non-hydrogen) atoms. The summed E-state index contributed by atoms with van der Waals surface area (Å²) in [7, 11) is 0. The van der Waals surface area contributed by atoms with E-state index >= 15 is 0 Å². The molecule has 1 heterocycles. The number of halogens is 2. The van der Waals surface area contributed by atoms with Gasteiger partial charge in [-0.2, -0.15) is 0 Å². The van der Waals surface area contributed by atoms with E-state index in [0.717, 1.165) is 17.3 Å². The molecule has 2 amide bonds. The van der Waals surface area contributed by atoms with Crippen molar-refractivity contribution in [2.24, 2.45) is 11.1 Å². The number of carbonyl (C=O) groups excluding carboxylic acids is 2. The van der Waals surface area contributed by atoms with Crippen molar-refractivity contribution < 1.29 is 14.3 Å². The predicted octanol–water partition coefficient (Wildman–Crippen LogP) is 4.28. The minimum absolute atomic E-state index is 0.0625. The Morgan fingerprint density at radius 1 is 1.18 bits per heavy atom. The van der Waals surface area contributed by atoms with Crippen molar-refractivity contribution in [3.8, 4) is 5.75 Å². The summed E-state index contributed by atoms with van der Waals surface area (Å²) < 4.78 is 6.70. The lowest BCUT2D eigenvalue weighted by atomic mass is 9.77. The zero-order valence-corrected chi connectivity index (χ0v) is 17.7. The molecule has 1 aliphatic heterocycles. The summed E-state index contributed by atoms with van der Waals surface area (Å²) in [5, 5.41) is 0.627. The van der Waals surface area contributed by atoms with Crippen molar-refractivity contribution in [2.75, 3.05) is 19.7 Å². The van der Waals surface area contributed by atoms with Gasteiger partial charge in [-0.3, -0.25) is 9.59 Å². The SMILES string of the molecule is NC(=O)C[C@@]1(COc2ccc(Cl)cc2)CCCN(C(=O)c2ccccc2Br)C1. The Balaban J connectivity index is 1.77. The first-order valence-electron chi connectivity index (χ1n) is 9.09. The third-order valence-corrected chi connectivity index (χ3v) is 5.90. The van der Waals surface area contributed by atoms with E-state index in [-0.39, 0.29) is 12.3 Å². The van der Waals surface area contributed by atoms with Crippen LogP contribution in [0.2, 0.25) is 5.02 Å². The Bertz CT molecular complexity index is 859. The maximum absolute atomic E-state index is 13.0. The van der Waals surface area contributed by atoms with Gasteiger partial charge in [0.1, 0.15) is 5.75 Å². The highest BCUT2D eigenvalue weighted by Gasteiger charge is 2.39. The molecular formula is C21H22BrClN2O3. The second kappa shape index (κ2) is 8.97. The maximum Gasteiger partial charge on any atom is 0.255 e.